The molecule has 4 rings (SSSR count). The smallest absolute Gasteiger partial charge is 0.255 e. The van der Waals surface area contributed by atoms with E-state index in [9.17, 15) is 9.90 Å². The van der Waals surface area contributed by atoms with E-state index in [1.165, 1.54) is 16.7 Å². The standard InChI is InChI=1S/C24H26N4O2/c1-15-8-9-27(23(30)10-15)19-11-21(24-26-18(4)22(14-29)28(24)13-19)25-12-20-16(2)6-5-7-17(20)3/h5-11,13,25,29H,12,14H2,1-4H3. The summed E-state index contributed by atoms with van der Waals surface area (Å²) in [6.07, 6.45) is 3.62. The Morgan fingerprint density at radius 2 is 1.80 bits per heavy atom. The highest BCUT2D eigenvalue weighted by atomic mass is 16.3. The largest absolute Gasteiger partial charge is 0.390 e. The molecular weight excluding hydrogens is 376 g/mol. The average molecular weight is 402 g/mol. The summed E-state index contributed by atoms with van der Waals surface area (Å²) < 4.78 is 3.47. The maximum absolute atomic E-state index is 12.6. The third-order valence-electron chi connectivity index (χ3n) is 5.61. The van der Waals surface area contributed by atoms with Crippen LogP contribution in [0.25, 0.3) is 11.3 Å². The van der Waals surface area contributed by atoms with Crippen LogP contribution in [-0.2, 0) is 13.2 Å². The molecule has 3 heterocycles. The Morgan fingerprint density at radius 3 is 2.47 bits per heavy atom. The van der Waals surface area contributed by atoms with Crippen molar-refractivity contribution in [3.63, 3.8) is 0 Å². The molecule has 30 heavy (non-hydrogen) atoms. The van der Waals surface area contributed by atoms with Crippen molar-refractivity contribution in [3.05, 3.63) is 92.8 Å². The quantitative estimate of drug-likeness (QED) is 0.532. The zero-order valence-electron chi connectivity index (χ0n) is 17.7. The zero-order valence-corrected chi connectivity index (χ0v) is 17.7. The third kappa shape index (κ3) is 3.50. The SMILES string of the molecule is Cc1ccn(-c2cc(NCc3c(C)cccc3C)c3nc(C)c(CO)n3c2)c(=O)c1. The van der Waals surface area contributed by atoms with Gasteiger partial charge in [0.2, 0.25) is 0 Å². The van der Waals surface area contributed by atoms with E-state index in [1.54, 1.807) is 16.8 Å². The van der Waals surface area contributed by atoms with Gasteiger partial charge in [-0.05, 0) is 62.1 Å². The predicted molar refractivity (Wildman–Crippen MR) is 119 cm³/mol. The normalized spacial score (nSPS) is 11.2. The lowest BCUT2D eigenvalue weighted by molar-refractivity contribution is 0.275. The van der Waals surface area contributed by atoms with E-state index in [1.807, 2.05) is 36.6 Å². The maximum atomic E-state index is 12.6. The molecule has 0 atom stereocenters. The number of aliphatic hydroxyl groups excluding tert-OH is 1. The van der Waals surface area contributed by atoms with Crippen molar-refractivity contribution in [2.75, 3.05) is 5.32 Å². The van der Waals surface area contributed by atoms with Gasteiger partial charge in [-0.2, -0.15) is 0 Å². The van der Waals surface area contributed by atoms with E-state index >= 15 is 0 Å². The van der Waals surface area contributed by atoms with E-state index in [-0.39, 0.29) is 12.2 Å². The number of nitrogens with one attached hydrogen (secondary N) is 1. The van der Waals surface area contributed by atoms with Gasteiger partial charge in [-0.15, -0.1) is 0 Å². The number of pyridine rings is 2. The van der Waals surface area contributed by atoms with Crippen LogP contribution in [0.3, 0.4) is 0 Å². The molecule has 0 amide bonds. The van der Waals surface area contributed by atoms with Crippen LogP contribution in [0.2, 0.25) is 0 Å². The van der Waals surface area contributed by atoms with Gasteiger partial charge in [0.05, 0.1) is 29.4 Å². The van der Waals surface area contributed by atoms with E-state index < -0.39 is 0 Å². The number of rotatable bonds is 5. The molecule has 0 aliphatic rings. The minimum atomic E-state index is -0.129. The Balaban J connectivity index is 1.86. The van der Waals surface area contributed by atoms with E-state index in [2.05, 4.69) is 42.3 Å². The third-order valence-corrected chi connectivity index (χ3v) is 5.61. The van der Waals surface area contributed by atoms with E-state index in [0.29, 0.717) is 17.9 Å². The molecule has 6 nitrogen and oxygen atoms in total. The Labute approximate surface area is 175 Å². The van der Waals surface area contributed by atoms with Gasteiger partial charge >= 0.3 is 0 Å². The number of imidazole rings is 1. The fourth-order valence-electron chi connectivity index (χ4n) is 3.85. The molecule has 2 N–H and O–H groups in total. The first-order valence-corrected chi connectivity index (χ1v) is 10.00. The Morgan fingerprint density at radius 1 is 1.07 bits per heavy atom. The fourth-order valence-corrected chi connectivity index (χ4v) is 3.85. The molecule has 4 aromatic rings. The molecule has 0 saturated heterocycles. The van der Waals surface area contributed by atoms with Crippen LogP contribution < -0.4 is 10.9 Å². The monoisotopic (exact) mass is 402 g/mol. The first kappa shape index (κ1) is 19.9. The number of aryl methyl sites for hydroxylation is 4. The number of benzene rings is 1. The van der Waals surface area contributed by atoms with Crippen molar-refractivity contribution in [2.45, 2.75) is 40.8 Å². The molecule has 0 fully saturated rings. The Kier molecular flexibility index (Phi) is 5.18. The topological polar surface area (TPSA) is 71.6 Å². The molecule has 0 saturated carbocycles. The first-order valence-electron chi connectivity index (χ1n) is 10.00. The number of nitrogens with zero attached hydrogens (tertiary/aromatic N) is 3. The van der Waals surface area contributed by atoms with Crippen LogP contribution in [0.4, 0.5) is 5.69 Å². The van der Waals surface area contributed by atoms with Gasteiger partial charge in [0, 0.05) is 25.0 Å². The molecule has 0 radical (unpaired) electrons. The minimum Gasteiger partial charge on any atom is -0.390 e. The molecular formula is C24H26N4O2. The molecule has 3 aromatic heterocycles. The van der Waals surface area contributed by atoms with Crippen LogP contribution in [0.1, 0.15) is 33.6 Å². The lowest BCUT2D eigenvalue weighted by atomic mass is 10.0. The summed E-state index contributed by atoms with van der Waals surface area (Å²) in [5.41, 5.74) is 8.22. The van der Waals surface area contributed by atoms with Crippen molar-refractivity contribution in [3.8, 4) is 5.69 Å². The molecule has 6 heteroatoms. The van der Waals surface area contributed by atoms with Crippen molar-refractivity contribution < 1.29 is 5.11 Å². The molecule has 0 aliphatic carbocycles. The number of aliphatic hydroxyl groups is 1. The highest BCUT2D eigenvalue weighted by molar-refractivity contribution is 5.72. The number of fused-ring (bicyclic) bond motifs is 1. The first-order chi connectivity index (χ1) is 14.4. The van der Waals surface area contributed by atoms with Crippen LogP contribution in [0.15, 0.2) is 53.6 Å². The van der Waals surface area contributed by atoms with E-state index in [0.717, 1.165) is 22.6 Å². The number of aromatic nitrogens is 3. The molecule has 0 bridgehead atoms. The van der Waals surface area contributed by atoms with Gasteiger partial charge in [0.25, 0.3) is 5.56 Å². The summed E-state index contributed by atoms with van der Waals surface area (Å²) in [7, 11) is 0. The second kappa shape index (κ2) is 7.80. The molecule has 0 aliphatic heterocycles. The van der Waals surface area contributed by atoms with Gasteiger partial charge in [-0.25, -0.2) is 4.98 Å². The summed E-state index contributed by atoms with van der Waals surface area (Å²) in [4.78, 5) is 17.2. The summed E-state index contributed by atoms with van der Waals surface area (Å²) in [6.45, 7) is 8.49. The summed E-state index contributed by atoms with van der Waals surface area (Å²) in [5.74, 6) is 0. The number of hydrogen-bond acceptors (Lipinski definition) is 4. The van der Waals surface area contributed by atoms with Crippen LogP contribution in [0, 0.1) is 27.7 Å². The summed E-state index contributed by atoms with van der Waals surface area (Å²) in [5, 5.41) is 13.4. The lowest BCUT2D eigenvalue weighted by Gasteiger charge is -2.15. The number of hydrogen-bond donors (Lipinski definition) is 2. The number of anilines is 1. The molecule has 0 spiro atoms. The van der Waals surface area contributed by atoms with Gasteiger partial charge in [0.1, 0.15) is 0 Å². The molecule has 1 aromatic carbocycles. The summed E-state index contributed by atoms with van der Waals surface area (Å²) >= 11 is 0. The van der Waals surface area contributed by atoms with Crippen LogP contribution in [0.5, 0.6) is 0 Å². The van der Waals surface area contributed by atoms with Crippen molar-refractivity contribution in [1.29, 1.82) is 0 Å². The van der Waals surface area contributed by atoms with Gasteiger partial charge in [0.15, 0.2) is 5.65 Å². The van der Waals surface area contributed by atoms with Crippen molar-refractivity contribution in [2.24, 2.45) is 0 Å². The summed E-state index contributed by atoms with van der Waals surface area (Å²) in [6, 6.07) is 11.7. The average Bonchev–Trinajstić information content (AvgIpc) is 3.02. The predicted octanol–water partition coefficient (Wildman–Crippen LogP) is 3.82. The van der Waals surface area contributed by atoms with Crippen LogP contribution >= 0.6 is 0 Å². The molecule has 154 valence electrons. The highest BCUT2D eigenvalue weighted by Gasteiger charge is 2.15. The fraction of sp³-hybridized carbons (Fsp3) is 0.250. The maximum Gasteiger partial charge on any atom is 0.255 e. The second-order valence-electron chi connectivity index (χ2n) is 7.74. The van der Waals surface area contributed by atoms with Gasteiger partial charge in [-0.3, -0.25) is 13.8 Å². The van der Waals surface area contributed by atoms with E-state index in [4.69, 9.17) is 0 Å². The van der Waals surface area contributed by atoms with Gasteiger partial charge < -0.3 is 10.4 Å². The van der Waals surface area contributed by atoms with Crippen molar-refractivity contribution in [1.82, 2.24) is 14.0 Å². The second-order valence-corrected chi connectivity index (χ2v) is 7.74. The lowest BCUT2D eigenvalue weighted by Crippen LogP contribution is -2.18. The Bertz CT molecular complexity index is 1280. The zero-order chi connectivity index (χ0) is 21.4. The minimum absolute atomic E-state index is 0.0996. The Hall–Kier alpha value is -3.38. The molecule has 0 unspecified atom stereocenters. The van der Waals surface area contributed by atoms with Gasteiger partial charge in [-0.1, -0.05) is 18.2 Å². The van der Waals surface area contributed by atoms with Crippen molar-refractivity contribution >= 4 is 11.3 Å². The van der Waals surface area contributed by atoms with Crippen LogP contribution in [-0.4, -0.2) is 19.1 Å². The highest BCUT2D eigenvalue weighted by Crippen LogP contribution is 2.25.